The second kappa shape index (κ2) is 2.41. The zero-order valence-corrected chi connectivity index (χ0v) is 4.09. The maximum Gasteiger partial charge on any atom is 0.205 e. The first kappa shape index (κ1) is 6.23. The average Bonchev–Trinajstić information content (AvgIpc) is 1.86. The van der Waals surface area contributed by atoms with Gasteiger partial charge in [0.25, 0.3) is 0 Å². The van der Waals surface area contributed by atoms with Crippen LogP contribution in [0.4, 0.5) is 0 Å². The van der Waals surface area contributed by atoms with Crippen LogP contribution in [0.5, 0.6) is 0 Å². The van der Waals surface area contributed by atoms with Gasteiger partial charge in [0.15, 0.2) is 6.20 Å². The monoisotopic (exact) mass is 122 g/mol. The molecule has 0 bridgehead atoms. The van der Waals surface area contributed by atoms with Crippen molar-refractivity contribution in [2.24, 2.45) is 0 Å². The smallest absolute Gasteiger partial charge is 0.205 e. The van der Waals surface area contributed by atoms with Gasteiger partial charge >= 0.3 is 0 Å². The van der Waals surface area contributed by atoms with Crippen molar-refractivity contribution in [1.29, 1.82) is 0 Å². The van der Waals surface area contributed by atoms with Crippen LogP contribution in [0, 0.1) is 5.21 Å². The Labute approximate surface area is 45.7 Å². The third-order valence-corrected chi connectivity index (χ3v) is 0.377. The summed E-state index contributed by atoms with van der Waals surface area (Å²) in [4.78, 5) is 0.264. The summed E-state index contributed by atoms with van der Waals surface area (Å²) in [5.74, 6) is 0. The van der Waals surface area contributed by atoms with Crippen LogP contribution in [0.1, 0.15) is 0 Å². The van der Waals surface area contributed by atoms with Crippen molar-refractivity contribution < 1.29 is 9.53 Å². The summed E-state index contributed by atoms with van der Waals surface area (Å²) in [5.41, 5.74) is 0. The second-order valence-corrected chi connectivity index (χ2v) is 0.771. The maximum absolute atomic E-state index is 9.76. The molecule has 0 saturated heterocycles. The van der Waals surface area contributed by atoms with E-state index in [9.17, 15) is 5.21 Å². The topological polar surface area (TPSA) is 53.0 Å². The lowest BCUT2D eigenvalue weighted by Gasteiger charge is -1.73. The summed E-state index contributed by atoms with van der Waals surface area (Å²) < 4.78 is 3.94. The summed E-state index contributed by atoms with van der Waals surface area (Å²) in [6.07, 6.45) is 2.44. The minimum atomic E-state index is 0. The van der Waals surface area contributed by atoms with E-state index in [2.05, 4.69) is 9.79 Å². The van der Waals surface area contributed by atoms with Gasteiger partial charge in [-0.3, -0.25) is 4.63 Å². The molecule has 1 heterocycles. The van der Waals surface area contributed by atoms with Crippen molar-refractivity contribution in [3.05, 3.63) is 17.6 Å². The lowest BCUT2D eigenvalue weighted by molar-refractivity contribution is -0.802. The molecule has 0 unspecified atom stereocenters. The molecular weight excluding hydrogens is 119 g/mol. The van der Waals surface area contributed by atoms with Gasteiger partial charge in [0.05, 0.1) is 0 Å². The van der Waals surface area contributed by atoms with Crippen LogP contribution in [0.3, 0.4) is 0 Å². The van der Waals surface area contributed by atoms with Crippen molar-refractivity contribution in [3.8, 4) is 0 Å². The third-order valence-electron chi connectivity index (χ3n) is 0.377. The molecule has 0 aliphatic rings. The molecule has 0 saturated carbocycles. The molecule has 0 aromatic carbocycles. The van der Waals surface area contributed by atoms with Crippen molar-refractivity contribution in [2.45, 2.75) is 0 Å². The van der Waals surface area contributed by atoms with Crippen LogP contribution < -0.4 is 4.90 Å². The van der Waals surface area contributed by atoms with Crippen LogP contribution in [-0.4, -0.2) is 5.16 Å². The third kappa shape index (κ3) is 1.41. The molecule has 1 rings (SSSR count). The van der Waals surface area contributed by atoms with E-state index < -0.39 is 0 Å². The first-order chi connectivity index (χ1) is 2.89. The molecule has 40 valence electrons. The van der Waals surface area contributed by atoms with E-state index in [0.717, 1.165) is 0 Å². The Balaban J connectivity index is 0.000000360. The van der Waals surface area contributed by atoms with Gasteiger partial charge in [-0.2, -0.15) is 0 Å². The van der Waals surface area contributed by atoms with Crippen LogP contribution >= 0.6 is 12.4 Å². The van der Waals surface area contributed by atoms with E-state index in [-0.39, 0.29) is 17.3 Å². The highest BCUT2D eigenvalue weighted by molar-refractivity contribution is 5.85. The van der Waals surface area contributed by atoms with Crippen LogP contribution in [0.2, 0.25) is 0 Å². The molecule has 4 nitrogen and oxygen atoms in total. The molecule has 0 aliphatic carbocycles. The minimum Gasteiger partial charge on any atom is -0.360 e. The van der Waals surface area contributed by atoms with Crippen LogP contribution in [0.15, 0.2) is 17.0 Å². The van der Waals surface area contributed by atoms with Crippen molar-refractivity contribution in [2.75, 3.05) is 0 Å². The maximum atomic E-state index is 9.76. The van der Waals surface area contributed by atoms with Gasteiger partial charge < -0.3 is 5.21 Å². The highest BCUT2D eigenvalue weighted by Crippen LogP contribution is 1.60. The fraction of sp³-hybridized carbons (Fsp3) is 0. The first-order valence-corrected chi connectivity index (χ1v) is 1.40. The van der Waals surface area contributed by atoms with E-state index in [1.807, 2.05) is 0 Å². The molecule has 0 spiro atoms. The minimum absolute atomic E-state index is 0. The van der Waals surface area contributed by atoms with Crippen molar-refractivity contribution in [3.63, 3.8) is 0 Å². The largest absolute Gasteiger partial charge is 0.360 e. The Morgan fingerprint density at radius 1 is 1.71 bits per heavy atom. The van der Waals surface area contributed by atoms with Crippen molar-refractivity contribution in [1.82, 2.24) is 5.16 Å². The zero-order valence-electron chi connectivity index (χ0n) is 3.27. The highest BCUT2D eigenvalue weighted by atomic mass is 35.5. The van der Waals surface area contributed by atoms with Gasteiger partial charge in [-0.05, 0) is 4.90 Å². The second-order valence-electron chi connectivity index (χ2n) is 0.771. The summed E-state index contributed by atoms with van der Waals surface area (Å²) >= 11 is 0. The molecule has 5 heteroatoms. The van der Waals surface area contributed by atoms with Gasteiger partial charge in [0.2, 0.25) is 6.20 Å². The molecular formula is C2H3ClN2O2. The van der Waals surface area contributed by atoms with Crippen LogP contribution in [-0.2, 0) is 0 Å². The van der Waals surface area contributed by atoms with Gasteiger partial charge in [-0.15, -0.1) is 12.4 Å². The van der Waals surface area contributed by atoms with E-state index in [1.54, 1.807) is 0 Å². The lowest BCUT2D eigenvalue weighted by atomic mass is 11.0. The Bertz CT molecular complexity index is 117. The molecule has 0 amide bonds. The normalized spacial score (nSPS) is 7.43. The molecule has 0 fully saturated rings. The van der Waals surface area contributed by atoms with Crippen molar-refractivity contribution >= 4 is 12.4 Å². The summed E-state index contributed by atoms with van der Waals surface area (Å²) in [5, 5.41) is 12.9. The number of hydrogen-bond acceptors (Lipinski definition) is 3. The molecule has 1 aromatic rings. The SMILES string of the molecule is Cl.[O-][n+]1ccno1. The summed E-state index contributed by atoms with van der Waals surface area (Å²) in [6.45, 7) is 0. The van der Waals surface area contributed by atoms with Gasteiger partial charge in [0.1, 0.15) is 0 Å². The Kier molecular flexibility index (Phi) is 2.15. The fourth-order valence-electron chi connectivity index (χ4n) is 0.183. The molecule has 0 N–H and O–H groups in total. The van der Waals surface area contributed by atoms with E-state index >= 15 is 0 Å². The van der Waals surface area contributed by atoms with Crippen LogP contribution in [0.25, 0.3) is 0 Å². The standard InChI is InChI=1S/C2H2N2O2.ClH/c5-4-2-1-3-6-4;/h1-2H;1H. The summed E-state index contributed by atoms with van der Waals surface area (Å²) in [6, 6.07) is 0. The molecule has 7 heavy (non-hydrogen) atoms. The molecule has 0 atom stereocenters. The molecule has 0 radical (unpaired) electrons. The fourth-order valence-corrected chi connectivity index (χ4v) is 0.183. The van der Waals surface area contributed by atoms with Gasteiger partial charge in [-0.25, -0.2) is 0 Å². The first-order valence-electron chi connectivity index (χ1n) is 1.40. The number of hydrogen-bond donors (Lipinski definition) is 0. The zero-order chi connectivity index (χ0) is 4.41. The Hall–Kier alpha value is -0.770. The highest BCUT2D eigenvalue weighted by Gasteiger charge is 1.78. The number of aromatic nitrogens is 2. The number of rotatable bonds is 0. The summed E-state index contributed by atoms with van der Waals surface area (Å²) in [7, 11) is 0. The number of nitrogens with zero attached hydrogens (tertiary/aromatic N) is 2. The van der Waals surface area contributed by atoms with Gasteiger partial charge in [0, 0.05) is 5.16 Å². The van der Waals surface area contributed by atoms with E-state index in [4.69, 9.17) is 0 Å². The Morgan fingerprint density at radius 3 is 2.57 bits per heavy atom. The number of halogens is 1. The predicted octanol–water partition coefficient (Wildman–Crippen LogP) is -0.270. The predicted molar refractivity (Wildman–Crippen MR) is 22.7 cm³/mol. The van der Waals surface area contributed by atoms with Gasteiger partial charge in [-0.1, -0.05) is 0 Å². The molecule has 1 aromatic heterocycles. The Morgan fingerprint density at radius 2 is 2.43 bits per heavy atom. The van der Waals surface area contributed by atoms with E-state index in [1.165, 1.54) is 12.4 Å². The average molecular weight is 123 g/mol. The lowest BCUT2D eigenvalue weighted by Crippen LogP contribution is -2.20. The van der Waals surface area contributed by atoms with E-state index in [0.29, 0.717) is 0 Å². The quantitative estimate of drug-likeness (QED) is 0.445. The molecule has 0 aliphatic heterocycles.